The minimum Gasteiger partial charge on any atom is -0.423 e. The van der Waals surface area contributed by atoms with E-state index in [-0.39, 0.29) is 0 Å². The Labute approximate surface area is 113 Å². The molecule has 2 aromatic rings. The third kappa shape index (κ3) is 2.26. The number of aromatic nitrogens is 1. The Kier molecular flexibility index (Phi) is 3.06. The van der Waals surface area contributed by atoms with Crippen LogP contribution in [0, 0.1) is 0 Å². The average Bonchev–Trinajstić information content (AvgIpc) is 2.84. The monoisotopic (exact) mass is 260 g/mol. The van der Waals surface area contributed by atoms with E-state index in [1.54, 1.807) is 0 Å². The van der Waals surface area contributed by atoms with E-state index in [9.17, 15) is 0 Å². The highest BCUT2D eigenvalue weighted by Crippen LogP contribution is 2.28. The average molecular weight is 260 g/mol. The predicted octanol–water partition coefficient (Wildman–Crippen LogP) is 1.94. The van der Waals surface area contributed by atoms with Crippen LogP contribution in [0.25, 0.3) is 11.1 Å². The van der Waals surface area contributed by atoms with Crippen LogP contribution in [-0.4, -0.2) is 43.1 Å². The highest BCUT2D eigenvalue weighted by Gasteiger charge is 2.24. The van der Waals surface area contributed by atoms with E-state index in [1.807, 2.05) is 18.2 Å². The number of nitrogen functional groups attached to an aromatic ring is 1. The van der Waals surface area contributed by atoms with Crippen LogP contribution in [0.2, 0.25) is 0 Å². The van der Waals surface area contributed by atoms with Crippen molar-refractivity contribution in [1.82, 2.24) is 9.88 Å². The second-order valence-electron chi connectivity index (χ2n) is 5.34. The molecule has 0 unspecified atom stereocenters. The molecule has 0 radical (unpaired) electrons. The zero-order valence-corrected chi connectivity index (χ0v) is 11.5. The van der Waals surface area contributed by atoms with Gasteiger partial charge < -0.3 is 20.0 Å². The molecule has 2 N–H and O–H groups in total. The normalized spacial score (nSPS) is 18.0. The van der Waals surface area contributed by atoms with Gasteiger partial charge >= 0.3 is 0 Å². The molecule has 19 heavy (non-hydrogen) atoms. The molecule has 0 bridgehead atoms. The van der Waals surface area contributed by atoms with Gasteiger partial charge in [-0.2, -0.15) is 4.98 Å². The summed E-state index contributed by atoms with van der Waals surface area (Å²) in [6.07, 6.45) is 2.28. The van der Waals surface area contributed by atoms with Crippen LogP contribution in [-0.2, 0) is 0 Å². The van der Waals surface area contributed by atoms with Crippen LogP contribution in [0.4, 0.5) is 11.7 Å². The molecule has 1 aliphatic heterocycles. The number of piperidine rings is 1. The van der Waals surface area contributed by atoms with Crippen molar-refractivity contribution < 1.29 is 4.42 Å². The number of nitrogens with zero attached hydrogens (tertiary/aromatic N) is 3. The number of nitrogens with two attached hydrogens (primary N) is 1. The second kappa shape index (κ2) is 4.74. The number of hydrogen-bond acceptors (Lipinski definition) is 5. The van der Waals surface area contributed by atoms with Crippen LogP contribution in [0.3, 0.4) is 0 Å². The molecule has 0 saturated carbocycles. The molecule has 0 aliphatic carbocycles. The van der Waals surface area contributed by atoms with Gasteiger partial charge in [-0.3, -0.25) is 0 Å². The summed E-state index contributed by atoms with van der Waals surface area (Å²) in [4.78, 5) is 9.03. The van der Waals surface area contributed by atoms with E-state index >= 15 is 0 Å². The van der Waals surface area contributed by atoms with Crippen LogP contribution in [0.1, 0.15) is 12.8 Å². The Morgan fingerprint density at radius 2 is 2.11 bits per heavy atom. The van der Waals surface area contributed by atoms with E-state index < -0.39 is 0 Å². The summed E-state index contributed by atoms with van der Waals surface area (Å²) >= 11 is 0. The number of likely N-dealkylation sites (tertiary alicyclic amines) is 1. The maximum Gasteiger partial charge on any atom is 0.298 e. The molecule has 0 atom stereocenters. The largest absolute Gasteiger partial charge is 0.423 e. The van der Waals surface area contributed by atoms with Crippen molar-refractivity contribution in [2.75, 3.05) is 37.8 Å². The molecule has 1 aromatic heterocycles. The third-order valence-electron chi connectivity index (χ3n) is 3.98. The smallest absolute Gasteiger partial charge is 0.298 e. The van der Waals surface area contributed by atoms with Gasteiger partial charge in [0.15, 0.2) is 5.58 Å². The molecule has 2 heterocycles. The molecular weight excluding hydrogens is 240 g/mol. The Balaban J connectivity index is 1.85. The van der Waals surface area contributed by atoms with Gasteiger partial charge in [0, 0.05) is 13.1 Å². The van der Waals surface area contributed by atoms with Gasteiger partial charge in [-0.05, 0) is 45.1 Å². The quantitative estimate of drug-likeness (QED) is 0.836. The lowest BCUT2D eigenvalue weighted by Crippen LogP contribution is -2.42. The predicted molar refractivity (Wildman–Crippen MR) is 77.3 cm³/mol. The molecule has 1 saturated heterocycles. The topological polar surface area (TPSA) is 58.5 Å². The van der Waals surface area contributed by atoms with E-state index in [1.165, 1.54) is 0 Å². The number of benzene rings is 1. The molecular formula is C14H20N4O. The van der Waals surface area contributed by atoms with Gasteiger partial charge in [0.1, 0.15) is 5.52 Å². The number of para-hydroxylation sites is 1. The summed E-state index contributed by atoms with van der Waals surface area (Å²) in [5.41, 5.74) is 8.11. The zero-order valence-electron chi connectivity index (χ0n) is 11.5. The number of hydrogen-bond donors (Lipinski definition) is 1. The van der Waals surface area contributed by atoms with Crippen LogP contribution < -0.4 is 10.6 Å². The lowest BCUT2D eigenvalue weighted by Gasteiger charge is -2.34. The summed E-state index contributed by atoms with van der Waals surface area (Å²) in [5, 5.41) is 0. The van der Waals surface area contributed by atoms with E-state index in [0.29, 0.717) is 17.7 Å². The summed E-state index contributed by atoms with van der Waals surface area (Å²) in [6, 6.07) is 6.81. The van der Waals surface area contributed by atoms with Crippen molar-refractivity contribution in [2.45, 2.75) is 18.9 Å². The molecule has 5 heteroatoms. The molecule has 5 nitrogen and oxygen atoms in total. The Morgan fingerprint density at radius 3 is 2.79 bits per heavy atom. The van der Waals surface area contributed by atoms with E-state index in [2.05, 4.69) is 28.9 Å². The minimum atomic E-state index is 0.491. The highest BCUT2D eigenvalue weighted by atomic mass is 16.4. The SMILES string of the molecule is CN1CCC(N(C)c2nc3c(N)cccc3o2)CC1. The van der Waals surface area contributed by atoms with E-state index in [4.69, 9.17) is 10.2 Å². The fraction of sp³-hybridized carbons (Fsp3) is 0.500. The van der Waals surface area contributed by atoms with Crippen LogP contribution in [0.15, 0.2) is 22.6 Å². The fourth-order valence-electron chi connectivity index (χ4n) is 2.65. The van der Waals surface area contributed by atoms with Crippen molar-refractivity contribution >= 4 is 22.8 Å². The lowest BCUT2D eigenvalue weighted by atomic mass is 10.0. The first kappa shape index (κ1) is 12.3. The molecule has 1 aliphatic rings. The summed E-state index contributed by atoms with van der Waals surface area (Å²) in [7, 11) is 4.22. The van der Waals surface area contributed by atoms with Gasteiger partial charge in [0.25, 0.3) is 6.01 Å². The van der Waals surface area contributed by atoms with Crippen molar-refractivity contribution in [3.63, 3.8) is 0 Å². The first-order chi connectivity index (χ1) is 9.15. The Morgan fingerprint density at radius 1 is 1.37 bits per heavy atom. The van der Waals surface area contributed by atoms with Crippen molar-refractivity contribution in [2.24, 2.45) is 0 Å². The van der Waals surface area contributed by atoms with Gasteiger partial charge in [-0.1, -0.05) is 6.07 Å². The molecule has 0 amide bonds. The standard InChI is InChI=1S/C14H20N4O/c1-17-8-6-10(7-9-17)18(2)14-16-13-11(15)4-3-5-12(13)19-14/h3-5,10H,6-9,15H2,1-2H3. The lowest BCUT2D eigenvalue weighted by molar-refractivity contribution is 0.250. The number of anilines is 2. The molecule has 3 rings (SSSR count). The van der Waals surface area contributed by atoms with Crippen LogP contribution in [0.5, 0.6) is 0 Å². The van der Waals surface area contributed by atoms with Gasteiger partial charge in [-0.25, -0.2) is 0 Å². The van der Waals surface area contributed by atoms with Crippen molar-refractivity contribution in [1.29, 1.82) is 0 Å². The molecule has 102 valence electrons. The highest BCUT2D eigenvalue weighted by molar-refractivity contribution is 5.86. The number of oxazole rings is 1. The molecule has 1 fully saturated rings. The summed E-state index contributed by atoms with van der Waals surface area (Å²) in [6.45, 7) is 2.24. The summed E-state index contributed by atoms with van der Waals surface area (Å²) < 4.78 is 5.81. The second-order valence-corrected chi connectivity index (χ2v) is 5.34. The van der Waals surface area contributed by atoms with Gasteiger partial charge in [0.05, 0.1) is 5.69 Å². The maximum absolute atomic E-state index is 5.92. The zero-order chi connectivity index (χ0) is 13.4. The molecule has 1 aromatic carbocycles. The Hall–Kier alpha value is -1.75. The maximum atomic E-state index is 5.92. The van der Waals surface area contributed by atoms with Gasteiger partial charge in [-0.15, -0.1) is 0 Å². The fourth-order valence-corrected chi connectivity index (χ4v) is 2.65. The van der Waals surface area contributed by atoms with Crippen molar-refractivity contribution in [3.8, 4) is 0 Å². The van der Waals surface area contributed by atoms with E-state index in [0.717, 1.165) is 37.0 Å². The minimum absolute atomic E-state index is 0.491. The van der Waals surface area contributed by atoms with Crippen molar-refractivity contribution in [3.05, 3.63) is 18.2 Å². The van der Waals surface area contributed by atoms with Gasteiger partial charge in [0.2, 0.25) is 0 Å². The van der Waals surface area contributed by atoms with Crippen LogP contribution >= 0.6 is 0 Å². The Bertz CT molecular complexity index is 572. The first-order valence-corrected chi connectivity index (χ1v) is 6.71. The third-order valence-corrected chi connectivity index (χ3v) is 3.98. The summed E-state index contributed by atoms with van der Waals surface area (Å²) in [5.74, 6) is 0. The first-order valence-electron chi connectivity index (χ1n) is 6.71. The number of fused-ring (bicyclic) bond motifs is 1. The number of rotatable bonds is 2. The molecule has 0 spiro atoms.